The van der Waals surface area contributed by atoms with Gasteiger partial charge in [0.25, 0.3) is 11.8 Å². The third kappa shape index (κ3) is 1.32. The lowest BCUT2D eigenvalue weighted by molar-refractivity contribution is 0.197. The Morgan fingerprint density at radius 3 is 2.80 bits per heavy atom. The average Bonchev–Trinajstić information content (AvgIpc) is 2.13. The number of hydrogen-bond donors (Lipinski definition) is 3. The monoisotopic (exact) mass is 164 g/mol. The predicted octanol–water partition coefficient (Wildman–Crippen LogP) is -0.521. The van der Waals surface area contributed by atoms with E-state index in [0.717, 1.165) is 0 Å². The SMILES string of the molecule is CCOC1=C(O)NS(=O)N1. The highest BCUT2D eigenvalue weighted by Gasteiger charge is 2.18. The molecule has 58 valence electrons. The Hall–Kier alpha value is -0.910. The summed E-state index contributed by atoms with van der Waals surface area (Å²) >= 11 is -1.43. The van der Waals surface area contributed by atoms with E-state index in [4.69, 9.17) is 9.84 Å². The van der Waals surface area contributed by atoms with Gasteiger partial charge in [0.1, 0.15) is 0 Å². The van der Waals surface area contributed by atoms with Gasteiger partial charge in [-0.15, -0.1) is 0 Å². The van der Waals surface area contributed by atoms with Gasteiger partial charge in [0, 0.05) is 0 Å². The summed E-state index contributed by atoms with van der Waals surface area (Å²) in [6, 6.07) is 0. The molecule has 0 spiro atoms. The van der Waals surface area contributed by atoms with Crippen molar-refractivity contribution in [2.75, 3.05) is 6.61 Å². The molecule has 5 nitrogen and oxygen atoms in total. The Kier molecular flexibility index (Phi) is 2.00. The highest BCUT2D eigenvalue weighted by atomic mass is 32.2. The molecule has 1 aliphatic heterocycles. The van der Waals surface area contributed by atoms with Crippen molar-refractivity contribution in [2.45, 2.75) is 6.92 Å². The van der Waals surface area contributed by atoms with Gasteiger partial charge in [-0.05, 0) is 6.92 Å². The van der Waals surface area contributed by atoms with Crippen molar-refractivity contribution in [1.29, 1.82) is 0 Å². The lowest BCUT2D eigenvalue weighted by Gasteiger charge is -2.00. The lowest BCUT2D eigenvalue weighted by Crippen LogP contribution is -2.17. The van der Waals surface area contributed by atoms with Crippen LogP contribution in [0.25, 0.3) is 0 Å². The molecule has 0 aliphatic carbocycles. The van der Waals surface area contributed by atoms with Gasteiger partial charge in [0.15, 0.2) is 0 Å². The molecule has 0 saturated heterocycles. The van der Waals surface area contributed by atoms with Crippen LogP contribution in [-0.4, -0.2) is 15.9 Å². The number of rotatable bonds is 2. The van der Waals surface area contributed by atoms with Crippen molar-refractivity contribution < 1.29 is 14.1 Å². The largest absolute Gasteiger partial charge is 0.490 e. The van der Waals surface area contributed by atoms with E-state index in [2.05, 4.69) is 9.44 Å². The Morgan fingerprint density at radius 1 is 1.70 bits per heavy atom. The predicted molar refractivity (Wildman–Crippen MR) is 35.7 cm³/mol. The van der Waals surface area contributed by atoms with E-state index in [9.17, 15) is 4.21 Å². The second-order valence-corrected chi connectivity index (χ2v) is 2.53. The zero-order valence-corrected chi connectivity index (χ0v) is 6.20. The van der Waals surface area contributed by atoms with E-state index in [1.807, 2.05) is 0 Å². The minimum absolute atomic E-state index is 0.140. The standard InChI is InChI=1S/C4H8N2O3S/c1-2-9-4-3(7)5-10(8)6-4/h5-7H,2H2,1H3. The Balaban J connectivity index is 2.57. The second kappa shape index (κ2) is 2.78. The van der Waals surface area contributed by atoms with Gasteiger partial charge in [-0.1, -0.05) is 0 Å². The molecule has 0 radical (unpaired) electrons. The molecule has 0 saturated carbocycles. The van der Waals surface area contributed by atoms with Crippen molar-refractivity contribution in [1.82, 2.24) is 9.44 Å². The Labute approximate surface area is 60.8 Å². The van der Waals surface area contributed by atoms with E-state index >= 15 is 0 Å². The molecular formula is C4H8N2O3S. The fourth-order valence-corrected chi connectivity index (χ4v) is 1.18. The molecule has 1 aliphatic rings. The van der Waals surface area contributed by atoms with Gasteiger partial charge in [0.05, 0.1) is 6.61 Å². The highest BCUT2D eigenvalue weighted by molar-refractivity contribution is 7.81. The van der Waals surface area contributed by atoms with Crippen LogP contribution in [-0.2, 0) is 15.9 Å². The fourth-order valence-electron chi connectivity index (χ4n) is 0.534. The van der Waals surface area contributed by atoms with Crippen molar-refractivity contribution in [3.63, 3.8) is 0 Å². The number of aliphatic hydroxyl groups is 1. The Morgan fingerprint density at radius 2 is 2.40 bits per heavy atom. The molecule has 0 fully saturated rings. The van der Waals surface area contributed by atoms with E-state index in [1.54, 1.807) is 6.92 Å². The van der Waals surface area contributed by atoms with Gasteiger partial charge < -0.3 is 9.84 Å². The molecular weight excluding hydrogens is 156 g/mol. The van der Waals surface area contributed by atoms with Crippen LogP contribution >= 0.6 is 0 Å². The average molecular weight is 164 g/mol. The molecule has 1 unspecified atom stereocenters. The van der Waals surface area contributed by atoms with Crippen LogP contribution in [0.5, 0.6) is 0 Å². The van der Waals surface area contributed by atoms with Gasteiger partial charge >= 0.3 is 0 Å². The molecule has 3 N–H and O–H groups in total. The summed E-state index contributed by atoms with van der Waals surface area (Å²) in [6.45, 7) is 2.19. The van der Waals surface area contributed by atoms with Crippen molar-refractivity contribution >= 4 is 11.2 Å². The maximum atomic E-state index is 10.5. The highest BCUT2D eigenvalue weighted by Crippen LogP contribution is 2.03. The van der Waals surface area contributed by atoms with Crippen LogP contribution in [0.15, 0.2) is 11.8 Å². The summed E-state index contributed by atoms with van der Waals surface area (Å²) in [7, 11) is 0. The number of nitrogens with one attached hydrogen (secondary N) is 2. The van der Waals surface area contributed by atoms with Crippen LogP contribution in [0.3, 0.4) is 0 Å². The van der Waals surface area contributed by atoms with E-state index in [0.29, 0.717) is 6.61 Å². The smallest absolute Gasteiger partial charge is 0.263 e. The molecule has 0 amide bonds. The third-order valence-electron chi connectivity index (χ3n) is 0.879. The summed E-state index contributed by atoms with van der Waals surface area (Å²) in [5.41, 5.74) is 0. The summed E-state index contributed by atoms with van der Waals surface area (Å²) in [5.74, 6) is -0.0685. The lowest BCUT2D eigenvalue weighted by atomic mass is 10.7. The first-order valence-corrected chi connectivity index (χ1v) is 3.90. The van der Waals surface area contributed by atoms with Crippen LogP contribution in [0.1, 0.15) is 6.92 Å². The van der Waals surface area contributed by atoms with Crippen LogP contribution in [0, 0.1) is 0 Å². The second-order valence-electron chi connectivity index (χ2n) is 1.58. The molecule has 1 rings (SSSR count). The van der Waals surface area contributed by atoms with Crippen molar-refractivity contribution in [2.24, 2.45) is 0 Å². The first-order valence-electron chi connectivity index (χ1n) is 2.75. The zero-order valence-electron chi connectivity index (χ0n) is 5.38. The minimum atomic E-state index is -1.43. The number of aliphatic hydroxyl groups excluding tert-OH is 1. The minimum Gasteiger partial charge on any atom is -0.490 e. The molecule has 0 bridgehead atoms. The quantitative estimate of drug-likeness (QED) is 0.514. The number of hydrogen-bond acceptors (Lipinski definition) is 3. The van der Waals surface area contributed by atoms with Gasteiger partial charge in [0.2, 0.25) is 11.2 Å². The molecule has 0 aromatic heterocycles. The summed E-state index contributed by atoms with van der Waals surface area (Å²) in [5, 5.41) is 8.88. The Bertz CT molecular complexity index is 191. The molecule has 1 heterocycles. The normalized spacial score (nSPS) is 23.9. The third-order valence-corrected chi connectivity index (χ3v) is 1.63. The van der Waals surface area contributed by atoms with E-state index in [1.165, 1.54) is 0 Å². The molecule has 1 atom stereocenters. The summed E-state index contributed by atoms with van der Waals surface area (Å²) in [4.78, 5) is 0. The van der Waals surface area contributed by atoms with Gasteiger partial charge in [-0.3, -0.25) is 9.44 Å². The first-order chi connectivity index (χ1) is 4.74. The summed E-state index contributed by atoms with van der Waals surface area (Å²) < 4.78 is 20.0. The number of ether oxygens (including phenoxy) is 1. The molecule has 6 heteroatoms. The maximum absolute atomic E-state index is 10.5. The molecule has 0 aromatic rings. The van der Waals surface area contributed by atoms with Crippen LogP contribution in [0.4, 0.5) is 0 Å². The fraction of sp³-hybridized carbons (Fsp3) is 0.500. The first kappa shape index (κ1) is 7.20. The summed E-state index contributed by atoms with van der Waals surface area (Å²) in [6.07, 6.45) is 0. The zero-order chi connectivity index (χ0) is 7.56. The molecule has 0 aromatic carbocycles. The maximum Gasteiger partial charge on any atom is 0.263 e. The molecule has 10 heavy (non-hydrogen) atoms. The van der Waals surface area contributed by atoms with Crippen molar-refractivity contribution in [3.05, 3.63) is 11.8 Å². The van der Waals surface area contributed by atoms with Crippen molar-refractivity contribution in [3.8, 4) is 0 Å². The van der Waals surface area contributed by atoms with E-state index in [-0.39, 0.29) is 11.8 Å². The van der Waals surface area contributed by atoms with Gasteiger partial charge in [-0.2, -0.15) is 0 Å². The van der Waals surface area contributed by atoms with Gasteiger partial charge in [-0.25, -0.2) is 4.21 Å². The topological polar surface area (TPSA) is 70.6 Å². The van der Waals surface area contributed by atoms with E-state index < -0.39 is 11.2 Å². The van der Waals surface area contributed by atoms with Crippen LogP contribution in [0.2, 0.25) is 0 Å². The van der Waals surface area contributed by atoms with Crippen LogP contribution < -0.4 is 9.44 Å².